The highest BCUT2D eigenvalue weighted by Gasteiger charge is 2.16. The molecule has 2 N–H and O–H groups in total. The average Bonchev–Trinajstić information content (AvgIpc) is 3.33. The van der Waals surface area contributed by atoms with Crippen LogP contribution in [-0.2, 0) is 4.74 Å². The SMILES string of the molecule is CCNC(=NCC1CCCO1)NC(C)c1cccc(N2CCCC2)c1.I. The van der Waals surface area contributed by atoms with Gasteiger partial charge in [0.15, 0.2) is 5.96 Å². The van der Waals surface area contributed by atoms with Gasteiger partial charge < -0.3 is 20.3 Å². The van der Waals surface area contributed by atoms with E-state index < -0.39 is 0 Å². The van der Waals surface area contributed by atoms with Gasteiger partial charge in [0.25, 0.3) is 0 Å². The number of hydrogen-bond acceptors (Lipinski definition) is 3. The van der Waals surface area contributed by atoms with Crippen molar-refractivity contribution in [3.63, 3.8) is 0 Å². The molecule has 2 atom stereocenters. The van der Waals surface area contributed by atoms with Crippen LogP contribution < -0.4 is 15.5 Å². The van der Waals surface area contributed by atoms with E-state index in [-0.39, 0.29) is 36.1 Å². The third kappa shape index (κ3) is 6.01. The molecule has 0 bridgehead atoms. The van der Waals surface area contributed by atoms with Crippen LogP contribution in [0.1, 0.15) is 51.1 Å². The zero-order valence-corrected chi connectivity index (χ0v) is 18.4. The second-order valence-corrected chi connectivity index (χ2v) is 7.01. The van der Waals surface area contributed by atoms with Crippen molar-refractivity contribution in [3.8, 4) is 0 Å². The predicted molar refractivity (Wildman–Crippen MR) is 120 cm³/mol. The summed E-state index contributed by atoms with van der Waals surface area (Å²) in [5, 5.41) is 6.89. The Bertz CT molecular complexity index is 569. The molecule has 0 amide bonds. The molecule has 6 heteroatoms. The molecule has 2 saturated heterocycles. The summed E-state index contributed by atoms with van der Waals surface area (Å²) in [4.78, 5) is 7.20. The quantitative estimate of drug-likeness (QED) is 0.377. The van der Waals surface area contributed by atoms with Crippen LogP contribution in [0.4, 0.5) is 5.69 Å². The van der Waals surface area contributed by atoms with Gasteiger partial charge in [0, 0.05) is 31.9 Å². The Morgan fingerprint density at radius 1 is 1.31 bits per heavy atom. The van der Waals surface area contributed by atoms with Crippen molar-refractivity contribution in [2.45, 2.75) is 51.7 Å². The molecular weight excluding hydrogens is 439 g/mol. The van der Waals surface area contributed by atoms with E-state index in [9.17, 15) is 0 Å². The molecule has 0 aliphatic carbocycles. The van der Waals surface area contributed by atoms with E-state index in [0.29, 0.717) is 0 Å². The Hall–Kier alpha value is -1.02. The highest BCUT2D eigenvalue weighted by Crippen LogP contribution is 2.24. The fourth-order valence-electron chi connectivity index (χ4n) is 3.56. The summed E-state index contributed by atoms with van der Waals surface area (Å²) >= 11 is 0. The molecule has 2 aliphatic rings. The van der Waals surface area contributed by atoms with Crippen molar-refractivity contribution in [2.75, 3.05) is 37.7 Å². The van der Waals surface area contributed by atoms with Crippen molar-refractivity contribution in [3.05, 3.63) is 29.8 Å². The molecule has 1 aromatic carbocycles. The zero-order chi connectivity index (χ0) is 17.5. The lowest BCUT2D eigenvalue weighted by Crippen LogP contribution is -2.39. The minimum Gasteiger partial charge on any atom is -0.376 e. The maximum Gasteiger partial charge on any atom is 0.191 e. The van der Waals surface area contributed by atoms with Gasteiger partial charge in [-0.3, -0.25) is 4.99 Å². The maximum absolute atomic E-state index is 5.68. The number of halogens is 1. The van der Waals surface area contributed by atoms with Crippen LogP contribution in [0, 0.1) is 0 Å². The smallest absolute Gasteiger partial charge is 0.191 e. The predicted octanol–water partition coefficient (Wildman–Crippen LogP) is 3.70. The number of guanidine groups is 1. The van der Waals surface area contributed by atoms with Gasteiger partial charge in [0.2, 0.25) is 0 Å². The van der Waals surface area contributed by atoms with E-state index in [2.05, 4.69) is 53.6 Å². The highest BCUT2D eigenvalue weighted by atomic mass is 127. The molecule has 26 heavy (non-hydrogen) atoms. The highest BCUT2D eigenvalue weighted by molar-refractivity contribution is 14.0. The summed E-state index contributed by atoms with van der Waals surface area (Å²) in [6.07, 6.45) is 5.17. The van der Waals surface area contributed by atoms with Crippen LogP contribution in [0.5, 0.6) is 0 Å². The first-order valence-electron chi connectivity index (χ1n) is 9.77. The topological polar surface area (TPSA) is 48.9 Å². The second kappa shape index (κ2) is 11.0. The van der Waals surface area contributed by atoms with E-state index in [1.54, 1.807) is 0 Å². The van der Waals surface area contributed by atoms with E-state index >= 15 is 0 Å². The number of rotatable bonds is 6. The molecule has 5 nitrogen and oxygen atoms in total. The summed E-state index contributed by atoms with van der Waals surface area (Å²) in [6.45, 7) is 9.12. The molecule has 2 fully saturated rings. The normalized spacial score (nSPS) is 21.4. The van der Waals surface area contributed by atoms with Crippen molar-refractivity contribution in [1.82, 2.24) is 10.6 Å². The number of anilines is 1. The minimum atomic E-state index is 0. The number of ether oxygens (including phenoxy) is 1. The summed E-state index contributed by atoms with van der Waals surface area (Å²) in [5.41, 5.74) is 2.64. The molecule has 2 aliphatic heterocycles. The van der Waals surface area contributed by atoms with Crippen LogP contribution in [-0.4, -0.2) is 44.8 Å². The Morgan fingerprint density at radius 3 is 2.81 bits per heavy atom. The maximum atomic E-state index is 5.68. The van der Waals surface area contributed by atoms with Gasteiger partial charge in [-0.2, -0.15) is 0 Å². The summed E-state index contributed by atoms with van der Waals surface area (Å²) in [5.74, 6) is 0.872. The van der Waals surface area contributed by atoms with Crippen molar-refractivity contribution >= 4 is 35.6 Å². The van der Waals surface area contributed by atoms with Gasteiger partial charge in [-0.15, -0.1) is 24.0 Å². The Labute approximate surface area is 175 Å². The Kier molecular flexibility index (Phi) is 8.98. The first-order valence-corrected chi connectivity index (χ1v) is 9.77. The van der Waals surface area contributed by atoms with Crippen molar-refractivity contribution in [2.24, 2.45) is 4.99 Å². The average molecular weight is 472 g/mol. The van der Waals surface area contributed by atoms with Gasteiger partial charge in [0.1, 0.15) is 0 Å². The number of nitrogens with zero attached hydrogens (tertiary/aromatic N) is 2. The van der Waals surface area contributed by atoms with Crippen LogP contribution in [0.2, 0.25) is 0 Å². The second-order valence-electron chi connectivity index (χ2n) is 7.01. The molecule has 0 aromatic heterocycles. The zero-order valence-electron chi connectivity index (χ0n) is 16.0. The first kappa shape index (κ1) is 21.3. The van der Waals surface area contributed by atoms with Crippen LogP contribution >= 0.6 is 24.0 Å². The van der Waals surface area contributed by atoms with Crippen LogP contribution in [0.25, 0.3) is 0 Å². The van der Waals surface area contributed by atoms with Crippen molar-refractivity contribution in [1.29, 1.82) is 0 Å². The third-order valence-corrected chi connectivity index (χ3v) is 5.02. The molecule has 0 radical (unpaired) electrons. The van der Waals surface area contributed by atoms with Gasteiger partial charge in [-0.05, 0) is 57.2 Å². The molecule has 2 unspecified atom stereocenters. The van der Waals surface area contributed by atoms with Crippen LogP contribution in [0.15, 0.2) is 29.3 Å². The summed E-state index contributed by atoms with van der Waals surface area (Å²) in [7, 11) is 0. The largest absolute Gasteiger partial charge is 0.376 e. The minimum absolute atomic E-state index is 0. The molecule has 0 spiro atoms. The molecule has 1 aromatic rings. The molecular formula is C20H33IN4O. The summed E-state index contributed by atoms with van der Waals surface area (Å²) in [6, 6.07) is 9.11. The lowest BCUT2D eigenvalue weighted by Gasteiger charge is -2.22. The summed E-state index contributed by atoms with van der Waals surface area (Å²) < 4.78 is 5.68. The monoisotopic (exact) mass is 472 g/mol. The lowest BCUT2D eigenvalue weighted by atomic mass is 10.1. The Balaban J connectivity index is 0.00000243. The van der Waals surface area contributed by atoms with Gasteiger partial charge in [0.05, 0.1) is 18.7 Å². The Morgan fingerprint density at radius 2 is 2.12 bits per heavy atom. The number of aliphatic imine (C=N–C) groups is 1. The molecule has 3 rings (SSSR count). The molecule has 2 heterocycles. The fourth-order valence-corrected chi connectivity index (χ4v) is 3.56. The fraction of sp³-hybridized carbons (Fsp3) is 0.650. The van der Waals surface area contributed by atoms with E-state index in [1.807, 2.05) is 0 Å². The number of hydrogen-bond donors (Lipinski definition) is 2. The third-order valence-electron chi connectivity index (χ3n) is 5.02. The lowest BCUT2D eigenvalue weighted by molar-refractivity contribution is 0.117. The van der Waals surface area contributed by atoms with E-state index in [1.165, 1.54) is 37.2 Å². The van der Waals surface area contributed by atoms with E-state index in [4.69, 9.17) is 9.73 Å². The molecule has 0 saturated carbocycles. The first-order chi connectivity index (χ1) is 12.3. The van der Waals surface area contributed by atoms with Gasteiger partial charge in [-0.25, -0.2) is 0 Å². The number of benzene rings is 1. The van der Waals surface area contributed by atoms with Crippen molar-refractivity contribution < 1.29 is 4.74 Å². The van der Waals surface area contributed by atoms with Crippen LogP contribution in [0.3, 0.4) is 0 Å². The van der Waals surface area contributed by atoms with Gasteiger partial charge >= 0.3 is 0 Å². The van der Waals surface area contributed by atoms with E-state index in [0.717, 1.165) is 38.5 Å². The molecule has 146 valence electrons. The standard InChI is InChI=1S/C20H32N4O.HI/c1-3-21-20(22-15-19-10-7-13-25-19)23-16(2)17-8-6-9-18(14-17)24-11-4-5-12-24;/h6,8-9,14,16,19H,3-5,7,10-13,15H2,1-2H3,(H2,21,22,23);1H. The number of nitrogens with one attached hydrogen (secondary N) is 2. The van der Waals surface area contributed by atoms with Gasteiger partial charge in [-0.1, -0.05) is 12.1 Å².